The summed E-state index contributed by atoms with van der Waals surface area (Å²) in [5.74, 6) is 1.36. The molecule has 1 saturated heterocycles. The van der Waals surface area contributed by atoms with E-state index in [1.54, 1.807) is 0 Å². The van der Waals surface area contributed by atoms with Gasteiger partial charge in [0.1, 0.15) is 5.82 Å². The van der Waals surface area contributed by atoms with Crippen LogP contribution in [0.2, 0.25) is 18.1 Å². The maximum atomic E-state index is 6.72. The fourth-order valence-corrected chi connectivity index (χ4v) is 4.29. The topological polar surface area (TPSA) is 64.3 Å². The summed E-state index contributed by atoms with van der Waals surface area (Å²) < 4.78 is 6.72. The SMILES string of the molecule is CC1(C)CN(c2ccc(N)nn2)CCC1O[Si](C)(C)C(C)(C)C. The van der Waals surface area contributed by atoms with Gasteiger partial charge < -0.3 is 15.1 Å². The minimum absolute atomic E-state index is 0.0802. The van der Waals surface area contributed by atoms with Gasteiger partial charge in [-0.25, -0.2) is 0 Å². The summed E-state index contributed by atoms with van der Waals surface area (Å²) in [4.78, 5) is 2.29. The second-order valence-electron chi connectivity index (χ2n) is 8.88. The third-order valence-corrected chi connectivity index (χ3v) is 9.86. The minimum atomic E-state index is -1.75. The molecule has 0 aliphatic carbocycles. The highest BCUT2D eigenvalue weighted by atomic mass is 28.4. The molecule has 0 amide bonds. The summed E-state index contributed by atoms with van der Waals surface area (Å²) in [6.45, 7) is 18.0. The first-order chi connectivity index (χ1) is 10.4. The fraction of sp³-hybridized carbons (Fsp3) is 0.765. The first-order valence-electron chi connectivity index (χ1n) is 8.44. The summed E-state index contributed by atoms with van der Waals surface area (Å²) in [7, 11) is -1.75. The van der Waals surface area contributed by atoms with Crippen LogP contribution in [0.15, 0.2) is 12.1 Å². The van der Waals surface area contributed by atoms with Crippen LogP contribution < -0.4 is 10.6 Å². The zero-order valence-corrected chi connectivity index (χ0v) is 16.7. The van der Waals surface area contributed by atoms with Gasteiger partial charge in [0.15, 0.2) is 14.1 Å². The Morgan fingerprint density at radius 1 is 1.26 bits per heavy atom. The van der Waals surface area contributed by atoms with Gasteiger partial charge in [0.2, 0.25) is 0 Å². The van der Waals surface area contributed by atoms with E-state index in [4.69, 9.17) is 10.2 Å². The first-order valence-corrected chi connectivity index (χ1v) is 11.4. The smallest absolute Gasteiger partial charge is 0.192 e. The largest absolute Gasteiger partial charge is 0.413 e. The standard InChI is InChI=1S/C17H32N4OSi/c1-16(2,3)23(6,7)22-13-10-11-21(12-17(13,4)5)15-9-8-14(18)19-20-15/h8-9,13H,10-12H2,1-7H3,(H2,18,19). The van der Waals surface area contributed by atoms with Gasteiger partial charge in [-0.05, 0) is 36.7 Å². The van der Waals surface area contributed by atoms with E-state index in [0.29, 0.717) is 11.9 Å². The third-order valence-electron chi connectivity index (χ3n) is 5.37. The predicted octanol–water partition coefficient (Wildman–Crippen LogP) is 3.69. The molecule has 130 valence electrons. The van der Waals surface area contributed by atoms with Crippen molar-refractivity contribution < 1.29 is 4.43 Å². The zero-order chi connectivity index (χ0) is 17.5. The van der Waals surface area contributed by atoms with E-state index in [1.807, 2.05) is 12.1 Å². The second kappa shape index (κ2) is 6.05. The van der Waals surface area contributed by atoms with Crippen LogP contribution >= 0.6 is 0 Å². The van der Waals surface area contributed by atoms with Gasteiger partial charge in [-0.1, -0.05) is 34.6 Å². The van der Waals surface area contributed by atoms with Crippen molar-refractivity contribution in [1.82, 2.24) is 10.2 Å². The molecular weight excluding hydrogens is 304 g/mol. The number of hydrogen-bond acceptors (Lipinski definition) is 5. The van der Waals surface area contributed by atoms with Crippen molar-refractivity contribution >= 4 is 20.0 Å². The zero-order valence-electron chi connectivity index (χ0n) is 15.7. The van der Waals surface area contributed by atoms with E-state index in [9.17, 15) is 0 Å². The molecule has 6 heteroatoms. The molecule has 0 bridgehead atoms. The van der Waals surface area contributed by atoms with Crippen LogP contribution in [-0.2, 0) is 4.43 Å². The molecule has 1 aromatic heterocycles. The number of piperidine rings is 1. The lowest BCUT2D eigenvalue weighted by Crippen LogP contribution is -2.55. The molecule has 0 saturated carbocycles. The van der Waals surface area contributed by atoms with Crippen molar-refractivity contribution in [2.24, 2.45) is 5.41 Å². The number of rotatable bonds is 3. The van der Waals surface area contributed by atoms with E-state index in [0.717, 1.165) is 25.3 Å². The lowest BCUT2D eigenvalue weighted by atomic mass is 9.81. The van der Waals surface area contributed by atoms with Crippen molar-refractivity contribution in [3.8, 4) is 0 Å². The van der Waals surface area contributed by atoms with Gasteiger partial charge in [-0.3, -0.25) is 0 Å². The van der Waals surface area contributed by atoms with Gasteiger partial charge >= 0.3 is 0 Å². The summed E-state index contributed by atoms with van der Waals surface area (Å²) >= 11 is 0. The lowest BCUT2D eigenvalue weighted by Gasteiger charge is -2.49. The maximum absolute atomic E-state index is 6.72. The monoisotopic (exact) mass is 336 g/mol. The van der Waals surface area contributed by atoms with Gasteiger partial charge in [0.25, 0.3) is 0 Å². The number of nitrogens with two attached hydrogens (primary N) is 1. The van der Waals surface area contributed by atoms with Crippen LogP contribution in [-0.4, -0.2) is 37.7 Å². The summed E-state index contributed by atoms with van der Waals surface area (Å²) in [5, 5.41) is 8.44. The molecule has 1 aromatic rings. The van der Waals surface area contributed by atoms with Crippen molar-refractivity contribution in [3.63, 3.8) is 0 Å². The van der Waals surface area contributed by atoms with Crippen molar-refractivity contribution in [1.29, 1.82) is 0 Å². The number of hydrogen-bond donors (Lipinski definition) is 1. The Kier molecular flexibility index (Phi) is 4.79. The molecule has 1 aliphatic heterocycles. The lowest BCUT2D eigenvalue weighted by molar-refractivity contribution is 0.0430. The van der Waals surface area contributed by atoms with Gasteiger partial charge in [-0.2, -0.15) is 0 Å². The Morgan fingerprint density at radius 2 is 1.91 bits per heavy atom. The van der Waals surface area contributed by atoms with Gasteiger partial charge in [0.05, 0.1) is 6.10 Å². The number of nitrogen functional groups attached to an aromatic ring is 1. The highest BCUT2D eigenvalue weighted by molar-refractivity contribution is 6.74. The van der Waals surface area contributed by atoms with E-state index in [2.05, 4.69) is 62.8 Å². The minimum Gasteiger partial charge on any atom is -0.413 e. The second-order valence-corrected chi connectivity index (χ2v) is 13.6. The molecule has 0 aromatic carbocycles. The molecule has 5 nitrogen and oxygen atoms in total. The van der Waals surface area contributed by atoms with Crippen LogP contribution in [0.3, 0.4) is 0 Å². The van der Waals surface area contributed by atoms with Crippen LogP contribution in [0.5, 0.6) is 0 Å². The molecule has 1 fully saturated rings. The Hall–Kier alpha value is -1.14. The summed E-state index contributed by atoms with van der Waals surface area (Å²) in [6, 6.07) is 3.76. The van der Waals surface area contributed by atoms with Gasteiger partial charge in [-0.15, -0.1) is 10.2 Å². The molecule has 1 aliphatic rings. The normalized spacial score (nSPS) is 22.2. The van der Waals surface area contributed by atoms with Crippen molar-refractivity contribution in [2.45, 2.75) is 65.3 Å². The predicted molar refractivity (Wildman–Crippen MR) is 99.1 cm³/mol. The van der Waals surface area contributed by atoms with Crippen LogP contribution in [0, 0.1) is 5.41 Å². The van der Waals surface area contributed by atoms with Crippen LogP contribution in [0.1, 0.15) is 41.0 Å². The van der Waals surface area contributed by atoms with Crippen LogP contribution in [0.25, 0.3) is 0 Å². The molecule has 23 heavy (non-hydrogen) atoms. The van der Waals surface area contributed by atoms with Crippen molar-refractivity contribution in [3.05, 3.63) is 12.1 Å². The average molecular weight is 337 g/mol. The number of aromatic nitrogens is 2. The highest BCUT2D eigenvalue weighted by Crippen LogP contribution is 2.42. The molecule has 2 heterocycles. The molecular formula is C17H32N4OSi. The molecule has 0 spiro atoms. The Labute approximate surface area is 141 Å². The summed E-state index contributed by atoms with van der Waals surface area (Å²) in [6.07, 6.45) is 1.31. The van der Waals surface area contributed by atoms with E-state index in [-0.39, 0.29) is 10.5 Å². The summed E-state index contributed by atoms with van der Waals surface area (Å²) in [5.41, 5.74) is 5.71. The Morgan fingerprint density at radius 3 is 2.39 bits per heavy atom. The average Bonchev–Trinajstić information content (AvgIpc) is 2.40. The first kappa shape index (κ1) is 18.2. The van der Waals surface area contributed by atoms with Crippen molar-refractivity contribution in [2.75, 3.05) is 23.7 Å². The van der Waals surface area contributed by atoms with Crippen LogP contribution in [0.4, 0.5) is 11.6 Å². The number of nitrogens with zero attached hydrogens (tertiary/aromatic N) is 3. The molecule has 2 rings (SSSR count). The van der Waals surface area contributed by atoms with E-state index >= 15 is 0 Å². The quantitative estimate of drug-likeness (QED) is 0.853. The molecule has 1 atom stereocenters. The van der Waals surface area contributed by atoms with Gasteiger partial charge in [0, 0.05) is 18.5 Å². The Bertz CT molecular complexity index is 537. The fourth-order valence-electron chi connectivity index (χ4n) is 2.79. The Balaban J connectivity index is 2.10. The van der Waals surface area contributed by atoms with E-state index in [1.165, 1.54) is 0 Å². The van der Waals surface area contributed by atoms with E-state index < -0.39 is 8.32 Å². The number of anilines is 2. The molecule has 1 unspecified atom stereocenters. The molecule has 0 radical (unpaired) electrons. The third kappa shape index (κ3) is 4.04. The molecule has 2 N–H and O–H groups in total. The maximum Gasteiger partial charge on any atom is 0.192 e. The highest BCUT2D eigenvalue weighted by Gasteiger charge is 2.44.